The summed E-state index contributed by atoms with van der Waals surface area (Å²) in [4.78, 5) is 9.03. The first-order chi connectivity index (χ1) is 13.0. The lowest BCUT2D eigenvalue weighted by atomic mass is 10.1. The summed E-state index contributed by atoms with van der Waals surface area (Å²) in [5.41, 5.74) is 8.07. The number of aromatic hydroxyl groups is 1. The van der Waals surface area contributed by atoms with Gasteiger partial charge in [0.15, 0.2) is 5.82 Å². The maximum atomic E-state index is 10.2. The number of aromatic nitrogens is 2. The van der Waals surface area contributed by atoms with Gasteiger partial charge < -0.3 is 16.2 Å². The van der Waals surface area contributed by atoms with Gasteiger partial charge in [0.1, 0.15) is 11.6 Å². The molecule has 0 aliphatic rings. The molecule has 0 saturated carbocycles. The molecular formula is C20H20Cl2N4O. The molecule has 5 nitrogen and oxygen atoms in total. The van der Waals surface area contributed by atoms with Crippen molar-refractivity contribution in [2.45, 2.75) is 19.4 Å². The zero-order valence-electron chi connectivity index (χ0n) is 14.8. The minimum atomic E-state index is -0.0120. The topological polar surface area (TPSA) is 84.1 Å². The standard InChI is InChI=1S/C20H20Cl2N4O/c1-2-13(23)10-24-20-16(14-5-3-4-6-17(14)22)11-25-19(26-20)15-9-12(21)7-8-18(15)27/h3-9,11,13,27H,2,10,23H2,1H3,(H,24,25,26)/t13-/m0/s1. The van der Waals surface area contributed by atoms with Crippen molar-refractivity contribution in [3.63, 3.8) is 0 Å². The highest BCUT2D eigenvalue weighted by molar-refractivity contribution is 6.33. The van der Waals surface area contributed by atoms with Gasteiger partial charge in [0.25, 0.3) is 0 Å². The Morgan fingerprint density at radius 2 is 1.89 bits per heavy atom. The molecule has 0 radical (unpaired) electrons. The van der Waals surface area contributed by atoms with Crippen LogP contribution in [0.25, 0.3) is 22.5 Å². The number of rotatable bonds is 6. The molecule has 2 aromatic carbocycles. The average Bonchev–Trinajstić information content (AvgIpc) is 2.68. The van der Waals surface area contributed by atoms with E-state index in [0.717, 1.165) is 17.5 Å². The Morgan fingerprint density at radius 3 is 2.63 bits per heavy atom. The summed E-state index contributed by atoms with van der Waals surface area (Å²) in [5.74, 6) is 1.01. The van der Waals surface area contributed by atoms with Crippen LogP contribution in [0.1, 0.15) is 13.3 Å². The molecule has 0 aliphatic heterocycles. The Morgan fingerprint density at radius 1 is 1.11 bits per heavy atom. The van der Waals surface area contributed by atoms with E-state index < -0.39 is 0 Å². The van der Waals surface area contributed by atoms with E-state index in [9.17, 15) is 5.11 Å². The van der Waals surface area contributed by atoms with Gasteiger partial charge in [-0.25, -0.2) is 9.97 Å². The van der Waals surface area contributed by atoms with Crippen LogP contribution in [0, 0.1) is 0 Å². The van der Waals surface area contributed by atoms with Crippen molar-refractivity contribution in [3.8, 4) is 28.3 Å². The van der Waals surface area contributed by atoms with Gasteiger partial charge in [-0.1, -0.05) is 48.3 Å². The molecule has 0 bridgehead atoms. The third kappa shape index (κ3) is 4.50. The van der Waals surface area contributed by atoms with Crippen molar-refractivity contribution < 1.29 is 5.11 Å². The highest BCUT2D eigenvalue weighted by atomic mass is 35.5. The third-order valence-corrected chi connectivity index (χ3v) is 4.77. The van der Waals surface area contributed by atoms with E-state index in [1.807, 2.05) is 31.2 Å². The van der Waals surface area contributed by atoms with Crippen molar-refractivity contribution >= 4 is 29.0 Å². The number of nitrogens with one attached hydrogen (secondary N) is 1. The maximum absolute atomic E-state index is 10.2. The van der Waals surface area contributed by atoms with Gasteiger partial charge >= 0.3 is 0 Å². The Kier molecular flexibility index (Phi) is 6.16. The Labute approximate surface area is 168 Å². The highest BCUT2D eigenvalue weighted by Gasteiger charge is 2.15. The number of anilines is 1. The maximum Gasteiger partial charge on any atom is 0.165 e. The van der Waals surface area contributed by atoms with Crippen LogP contribution in [0.5, 0.6) is 5.75 Å². The molecule has 0 unspecified atom stereocenters. The van der Waals surface area contributed by atoms with E-state index in [1.165, 1.54) is 6.07 Å². The molecule has 140 valence electrons. The Balaban J connectivity index is 2.09. The van der Waals surface area contributed by atoms with Crippen LogP contribution in [0.15, 0.2) is 48.7 Å². The van der Waals surface area contributed by atoms with Crippen LogP contribution in [0.4, 0.5) is 5.82 Å². The summed E-state index contributed by atoms with van der Waals surface area (Å²) in [6, 6.07) is 12.2. The second-order valence-electron chi connectivity index (χ2n) is 6.15. The minimum Gasteiger partial charge on any atom is -0.507 e. The number of halogens is 2. The van der Waals surface area contributed by atoms with Gasteiger partial charge in [-0.2, -0.15) is 0 Å². The second-order valence-corrected chi connectivity index (χ2v) is 6.99. The summed E-state index contributed by atoms with van der Waals surface area (Å²) in [6.07, 6.45) is 2.52. The van der Waals surface area contributed by atoms with Gasteiger partial charge in [0.2, 0.25) is 0 Å². The van der Waals surface area contributed by atoms with Gasteiger partial charge in [0, 0.05) is 40.0 Å². The number of benzene rings is 2. The lowest BCUT2D eigenvalue weighted by Gasteiger charge is -2.16. The third-order valence-electron chi connectivity index (χ3n) is 4.21. The van der Waals surface area contributed by atoms with E-state index in [-0.39, 0.29) is 11.8 Å². The lowest BCUT2D eigenvalue weighted by Crippen LogP contribution is -2.28. The molecule has 0 amide bonds. The summed E-state index contributed by atoms with van der Waals surface area (Å²) in [5, 5.41) is 14.5. The van der Waals surface area contributed by atoms with Crippen LogP contribution < -0.4 is 11.1 Å². The number of phenols is 1. The van der Waals surface area contributed by atoms with Crippen LogP contribution >= 0.6 is 23.2 Å². The monoisotopic (exact) mass is 402 g/mol. The molecule has 0 saturated heterocycles. The largest absolute Gasteiger partial charge is 0.507 e. The molecule has 1 heterocycles. The average molecular weight is 403 g/mol. The molecule has 4 N–H and O–H groups in total. The predicted octanol–water partition coefficient (Wildman–Crippen LogP) is 4.97. The van der Waals surface area contributed by atoms with E-state index in [0.29, 0.717) is 33.8 Å². The fourth-order valence-electron chi connectivity index (χ4n) is 2.58. The van der Waals surface area contributed by atoms with Gasteiger partial charge in [-0.3, -0.25) is 0 Å². The van der Waals surface area contributed by atoms with Crippen LogP contribution in [0.3, 0.4) is 0 Å². The number of nitrogens with zero attached hydrogens (tertiary/aromatic N) is 2. The summed E-state index contributed by atoms with van der Waals surface area (Å²) >= 11 is 12.4. The van der Waals surface area contributed by atoms with Gasteiger partial charge in [-0.05, 0) is 30.7 Å². The molecule has 7 heteroatoms. The predicted molar refractivity (Wildman–Crippen MR) is 111 cm³/mol. The quantitative estimate of drug-likeness (QED) is 0.541. The Bertz CT molecular complexity index is 949. The molecule has 0 aliphatic carbocycles. The molecule has 1 aromatic heterocycles. The smallest absolute Gasteiger partial charge is 0.165 e. The van der Waals surface area contributed by atoms with Gasteiger partial charge in [0.05, 0.1) is 5.56 Å². The summed E-state index contributed by atoms with van der Waals surface area (Å²) < 4.78 is 0. The van der Waals surface area contributed by atoms with E-state index in [2.05, 4.69) is 15.3 Å². The molecule has 1 atom stereocenters. The normalized spacial score (nSPS) is 12.0. The molecule has 0 spiro atoms. The number of nitrogens with two attached hydrogens (primary N) is 1. The lowest BCUT2D eigenvalue weighted by molar-refractivity contribution is 0.477. The number of phenolic OH excluding ortho intramolecular Hbond substituents is 1. The summed E-state index contributed by atoms with van der Waals surface area (Å²) in [7, 11) is 0. The first-order valence-electron chi connectivity index (χ1n) is 8.60. The van der Waals surface area contributed by atoms with Crippen molar-refractivity contribution in [1.82, 2.24) is 9.97 Å². The molecule has 3 rings (SSSR count). The van der Waals surface area contributed by atoms with Gasteiger partial charge in [-0.15, -0.1) is 0 Å². The number of hydrogen-bond donors (Lipinski definition) is 3. The van der Waals surface area contributed by atoms with Crippen LogP contribution in [0.2, 0.25) is 10.0 Å². The highest BCUT2D eigenvalue weighted by Crippen LogP contribution is 2.35. The van der Waals surface area contributed by atoms with Crippen molar-refractivity contribution in [3.05, 3.63) is 58.7 Å². The van der Waals surface area contributed by atoms with E-state index >= 15 is 0 Å². The minimum absolute atomic E-state index is 0.0120. The Hall–Kier alpha value is -2.34. The van der Waals surface area contributed by atoms with Crippen molar-refractivity contribution in [1.29, 1.82) is 0 Å². The zero-order valence-corrected chi connectivity index (χ0v) is 16.3. The van der Waals surface area contributed by atoms with Crippen LogP contribution in [-0.4, -0.2) is 27.7 Å². The summed E-state index contributed by atoms with van der Waals surface area (Å²) in [6.45, 7) is 2.57. The van der Waals surface area contributed by atoms with E-state index in [4.69, 9.17) is 28.9 Å². The SMILES string of the molecule is CC[C@H](N)CNc1nc(-c2cc(Cl)ccc2O)ncc1-c1ccccc1Cl. The first kappa shape index (κ1) is 19.4. The van der Waals surface area contributed by atoms with E-state index in [1.54, 1.807) is 18.3 Å². The van der Waals surface area contributed by atoms with Crippen molar-refractivity contribution in [2.24, 2.45) is 5.73 Å². The van der Waals surface area contributed by atoms with Crippen molar-refractivity contribution in [2.75, 3.05) is 11.9 Å². The first-order valence-corrected chi connectivity index (χ1v) is 9.35. The fraction of sp³-hybridized carbons (Fsp3) is 0.200. The second kappa shape index (κ2) is 8.57. The number of hydrogen-bond acceptors (Lipinski definition) is 5. The molecular weight excluding hydrogens is 383 g/mol. The fourth-order valence-corrected chi connectivity index (χ4v) is 2.99. The molecule has 3 aromatic rings. The molecule has 0 fully saturated rings. The molecule has 27 heavy (non-hydrogen) atoms. The van der Waals surface area contributed by atoms with Crippen LogP contribution in [-0.2, 0) is 0 Å². The zero-order chi connectivity index (χ0) is 19.4.